The summed E-state index contributed by atoms with van der Waals surface area (Å²) in [5, 5.41) is 29.2. The van der Waals surface area contributed by atoms with Crippen LogP contribution in [0.1, 0.15) is 24.0 Å². The summed E-state index contributed by atoms with van der Waals surface area (Å²) in [4.78, 5) is 0. The molecule has 3 atom stereocenters. The molecule has 0 bridgehead atoms. The van der Waals surface area contributed by atoms with E-state index in [1.807, 2.05) is 0 Å². The van der Waals surface area contributed by atoms with Gasteiger partial charge in [0.2, 0.25) is 0 Å². The summed E-state index contributed by atoms with van der Waals surface area (Å²) in [5.41, 5.74) is -4.36. The van der Waals surface area contributed by atoms with Gasteiger partial charge in [-0.25, -0.2) is 0 Å². The Morgan fingerprint density at radius 2 is 1.10 bits per heavy atom. The molecule has 3 unspecified atom stereocenters. The van der Waals surface area contributed by atoms with Crippen molar-refractivity contribution in [3.8, 4) is 25.9 Å². The monoisotopic (exact) mass is 732 g/mol. The number of hydrogen-bond donors (Lipinski definition) is 3. The fraction of sp³-hybridized carbons (Fsp3) is 0.200. The Labute approximate surface area is 229 Å². The molecule has 2 aliphatic rings. The third kappa shape index (κ3) is 3.21. The van der Waals surface area contributed by atoms with Gasteiger partial charge >= 0.3 is 230 Å². The SMILES string of the molecule is Oc1c(F)cc(F)c(C23CC[C]2(c2c(F)cc(F)c(O)c2F)[Ge]([C]#CI)([c]2c(F)cc(F)c(O)c2F)[CH2]3)c1F. The molecule has 204 valence electrons. The van der Waals surface area contributed by atoms with E-state index in [4.69, 9.17) is 0 Å². The molecule has 14 heteroatoms. The van der Waals surface area contributed by atoms with E-state index >= 15 is 26.3 Å². The van der Waals surface area contributed by atoms with Gasteiger partial charge in [-0.1, -0.05) is 0 Å². The Balaban J connectivity index is 1.98. The number of fused-ring (bicyclic) bond motifs is 1. The molecule has 39 heavy (non-hydrogen) atoms. The number of benzene rings is 3. The number of hydrogen-bond acceptors (Lipinski definition) is 3. The van der Waals surface area contributed by atoms with Crippen LogP contribution in [0, 0.1) is 61.0 Å². The molecule has 1 saturated heterocycles. The van der Waals surface area contributed by atoms with Crippen molar-refractivity contribution in [2.45, 2.75) is 27.8 Å². The summed E-state index contributed by atoms with van der Waals surface area (Å²) in [5.74, 6) is -20.6. The summed E-state index contributed by atoms with van der Waals surface area (Å²) in [6.45, 7) is 0. The van der Waals surface area contributed by atoms with Crippen LogP contribution >= 0.6 is 22.6 Å². The summed E-state index contributed by atoms with van der Waals surface area (Å²) >= 11 is -3.93. The van der Waals surface area contributed by atoms with E-state index in [0.29, 0.717) is 0 Å². The van der Waals surface area contributed by atoms with Crippen LogP contribution in [0.5, 0.6) is 17.2 Å². The van der Waals surface area contributed by atoms with Gasteiger partial charge in [-0.2, -0.15) is 0 Å². The van der Waals surface area contributed by atoms with Crippen molar-refractivity contribution in [3.63, 3.8) is 0 Å². The van der Waals surface area contributed by atoms with Crippen molar-refractivity contribution in [1.82, 2.24) is 0 Å². The molecule has 0 spiro atoms. The fourth-order valence-corrected chi connectivity index (χ4v) is 21.8. The number of halogens is 10. The molecule has 3 N–H and O–H groups in total. The van der Waals surface area contributed by atoms with Crippen LogP contribution in [0.25, 0.3) is 0 Å². The third-order valence-electron chi connectivity index (χ3n) is 8.07. The minimum absolute atomic E-state index is 0.0675. The van der Waals surface area contributed by atoms with Crippen LogP contribution in [-0.4, -0.2) is 28.6 Å². The molecule has 1 heterocycles. The molecule has 0 radical (unpaired) electrons. The first-order valence-corrected chi connectivity index (χ1v) is 16.7. The standard InChI is InChI=1S/C25H12F9GeIO3/c26-9-5-12(29)21(37)17(32)15(9)24-1-2-25(24,16-10(27)6-13(30)22(38)18(16)33)35(8-24,3-4-36)20-11(28)7-14(31)23(39)19(20)34/h5-7,37-39H,1-2,8H2. The molecule has 0 aromatic heterocycles. The number of rotatable bonds is 3. The van der Waals surface area contributed by atoms with Gasteiger partial charge < -0.3 is 0 Å². The first-order chi connectivity index (χ1) is 18.2. The van der Waals surface area contributed by atoms with Crippen LogP contribution < -0.4 is 4.40 Å². The Hall–Kier alpha value is -2.74. The molecule has 1 saturated carbocycles. The first kappa shape index (κ1) is 27.8. The molecule has 3 aromatic carbocycles. The van der Waals surface area contributed by atoms with E-state index < -0.39 is 120 Å². The molecule has 2 fully saturated rings. The maximum absolute atomic E-state index is 15.6. The number of phenolic OH excluding ortho intramolecular Hbond substituents is 3. The van der Waals surface area contributed by atoms with Crippen molar-refractivity contribution in [1.29, 1.82) is 0 Å². The Morgan fingerprint density at radius 1 is 0.641 bits per heavy atom. The second-order valence-corrected chi connectivity index (χ2v) is 17.9. The van der Waals surface area contributed by atoms with Crippen LogP contribution in [-0.2, 0) is 9.66 Å². The van der Waals surface area contributed by atoms with E-state index in [0.717, 1.165) is 0 Å². The fourth-order valence-electron chi connectivity index (χ4n) is 6.60. The summed E-state index contributed by atoms with van der Waals surface area (Å²) in [6, 6.07) is 0.294. The third-order valence-corrected chi connectivity index (χ3v) is 20.8. The molecule has 1 aliphatic carbocycles. The second-order valence-electron chi connectivity index (χ2n) is 9.42. The van der Waals surface area contributed by atoms with Crippen molar-refractivity contribution in [2.75, 3.05) is 0 Å². The van der Waals surface area contributed by atoms with Gasteiger partial charge in [-0.05, 0) is 0 Å². The molecular formula is C25H12F9GeIO3. The van der Waals surface area contributed by atoms with Crippen LogP contribution in [0.2, 0.25) is 5.25 Å². The van der Waals surface area contributed by atoms with E-state index in [1.165, 1.54) is 22.6 Å². The first-order valence-electron chi connectivity index (χ1n) is 11.0. The molecule has 0 amide bonds. The van der Waals surface area contributed by atoms with Gasteiger partial charge in [0.05, 0.1) is 0 Å². The zero-order valence-electron chi connectivity index (χ0n) is 19.0. The van der Waals surface area contributed by atoms with Gasteiger partial charge in [0.1, 0.15) is 0 Å². The maximum atomic E-state index is 15.6. The Bertz CT molecular complexity index is 1670. The normalized spacial score (nSPS) is 25.3. The Kier molecular flexibility index (Phi) is 6.34. The van der Waals surface area contributed by atoms with Gasteiger partial charge in [-0.3, -0.25) is 0 Å². The van der Waals surface area contributed by atoms with Gasteiger partial charge in [0.15, 0.2) is 0 Å². The average Bonchev–Trinajstić information content (AvgIpc) is 2.85. The number of aromatic hydroxyl groups is 3. The molecule has 3 nitrogen and oxygen atoms in total. The van der Waals surface area contributed by atoms with Crippen LogP contribution in [0.4, 0.5) is 39.5 Å². The van der Waals surface area contributed by atoms with Crippen molar-refractivity contribution >= 4 is 40.3 Å². The van der Waals surface area contributed by atoms with Crippen LogP contribution in [0.3, 0.4) is 0 Å². The summed E-state index contributed by atoms with van der Waals surface area (Å²) < 4.78 is 136. The summed E-state index contributed by atoms with van der Waals surface area (Å²) in [6.07, 6.45) is -0.791. The molecule has 1 aliphatic heterocycles. The average molecular weight is 731 g/mol. The zero-order chi connectivity index (χ0) is 28.8. The minimum atomic E-state index is -5.38. The predicted molar refractivity (Wildman–Crippen MR) is 129 cm³/mol. The Morgan fingerprint density at radius 3 is 1.59 bits per heavy atom. The van der Waals surface area contributed by atoms with Crippen LogP contribution in [0.15, 0.2) is 18.2 Å². The number of phenols is 3. The van der Waals surface area contributed by atoms with Crippen molar-refractivity contribution in [3.05, 3.63) is 81.7 Å². The molecule has 3 aromatic rings. The van der Waals surface area contributed by atoms with E-state index in [-0.39, 0.29) is 24.6 Å². The van der Waals surface area contributed by atoms with Crippen molar-refractivity contribution in [2.24, 2.45) is 0 Å². The van der Waals surface area contributed by atoms with E-state index in [9.17, 15) is 28.5 Å². The topological polar surface area (TPSA) is 60.7 Å². The predicted octanol–water partition coefficient (Wildman–Crippen LogP) is 5.87. The summed E-state index contributed by atoms with van der Waals surface area (Å²) in [7, 11) is 0. The zero-order valence-corrected chi connectivity index (χ0v) is 23.2. The van der Waals surface area contributed by atoms with E-state index in [2.05, 4.69) is 8.68 Å². The van der Waals surface area contributed by atoms with E-state index in [1.54, 1.807) is 0 Å². The van der Waals surface area contributed by atoms with Gasteiger partial charge in [-0.15, -0.1) is 0 Å². The van der Waals surface area contributed by atoms with Crippen molar-refractivity contribution < 1.29 is 54.8 Å². The molecule has 5 rings (SSSR count). The van der Waals surface area contributed by atoms with Gasteiger partial charge in [0, 0.05) is 0 Å². The molecular weight excluding hydrogens is 719 g/mol. The van der Waals surface area contributed by atoms with Gasteiger partial charge in [0.25, 0.3) is 0 Å². The second kappa shape index (κ2) is 8.88. The quantitative estimate of drug-likeness (QED) is 0.137.